The van der Waals surface area contributed by atoms with Crippen LogP contribution in [0.25, 0.3) is 22.3 Å². The highest BCUT2D eigenvalue weighted by atomic mass is 15.2. The summed E-state index contributed by atoms with van der Waals surface area (Å²) in [5, 5.41) is 0. The predicted octanol–water partition coefficient (Wildman–Crippen LogP) is 8.90. The molecular formula is C32H33N. The highest BCUT2D eigenvalue weighted by Crippen LogP contribution is 2.54. The lowest BCUT2D eigenvalue weighted by molar-refractivity contribution is 0.559. The van der Waals surface area contributed by atoms with Gasteiger partial charge in [0.2, 0.25) is 0 Å². The molecule has 0 heterocycles. The third-order valence-corrected chi connectivity index (χ3v) is 7.05. The second kappa shape index (κ2) is 7.63. The van der Waals surface area contributed by atoms with Crippen LogP contribution in [-0.2, 0) is 5.41 Å². The van der Waals surface area contributed by atoms with Gasteiger partial charge in [0, 0.05) is 22.2 Å². The minimum absolute atomic E-state index is 0.00486. The van der Waals surface area contributed by atoms with E-state index in [2.05, 4.69) is 137 Å². The second-order valence-electron chi connectivity index (χ2n) is 10.7. The zero-order valence-corrected chi connectivity index (χ0v) is 20.6. The topological polar surface area (TPSA) is 3.24 Å². The zero-order valence-electron chi connectivity index (χ0n) is 20.6. The van der Waals surface area contributed by atoms with E-state index in [1.165, 1.54) is 50.3 Å². The summed E-state index contributed by atoms with van der Waals surface area (Å²) in [5.41, 5.74) is 11.8. The van der Waals surface area contributed by atoms with Crippen LogP contribution in [0.5, 0.6) is 0 Å². The van der Waals surface area contributed by atoms with Gasteiger partial charge in [-0.2, -0.15) is 0 Å². The van der Waals surface area contributed by atoms with E-state index in [1.807, 2.05) is 0 Å². The van der Waals surface area contributed by atoms with Crippen LogP contribution in [0.15, 0.2) is 91.0 Å². The zero-order chi connectivity index (χ0) is 23.4. The van der Waals surface area contributed by atoms with Crippen molar-refractivity contribution in [1.82, 2.24) is 0 Å². The fourth-order valence-corrected chi connectivity index (χ4v) is 5.45. The first-order valence-corrected chi connectivity index (χ1v) is 11.9. The lowest BCUT2D eigenvalue weighted by atomic mass is 9.82. The van der Waals surface area contributed by atoms with Gasteiger partial charge in [0.25, 0.3) is 0 Å². The Balaban J connectivity index is 1.72. The van der Waals surface area contributed by atoms with E-state index >= 15 is 0 Å². The molecule has 0 atom stereocenters. The Labute approximate surface area is 198 Å². The number of fused-ring (bicyclic) bond motifs is 3. The van der Waals surface area contributed by atoms with Gasteiger partial charge in [0.05, 0.1) is 5.69 Å². The Kier molecular flexibility index (Phi) is 4.97. The molecule has 0 unspecified atom stereocenters. The number of nitrogens with zero attached hydrogens (tertiary/aromatic N) is 1. The van der Waals surface area contributed by atoms with Crippen LogP contribution in [0.2, 0.25) is 0 Å². The molecule has 4 aromatic rings. The van der Waals surface area contributed by atoms with Crippen molar-refractivity contribution in [1.29, 1.82) is 0 Å². The number of aryl methyl sites for hydroxylation is 1. The van der Waals surface area contributed by atoms with E-state index < -0.39 is 0 Å². The first-order valence-electron chi connectivity index (χ1n) is 11.9. The van der Waals surface area contributed by atoms with Crippen molar-refractivity contribution in [2.75, 3.05) is 4.90 Å². The molecule has 0 bridgehead atoms. The minimum atomic E-state index is -0.0875. The van der Waals surface area contributed by atoms with Crippen molar-refractivity contribution in [2.24, 2.45) is 0 Å². The maximum absolute atomic E-state index is 2.54. The molecule has 1 nitrogen and oxygen atoms in total. The van der Waals surface area contributed by atoms with Crippen molar-refractivity contribution in [3.8, 4) is 22.3 Å². The molecule has 33 heavy (non-hydrogen) atoms. The minimum Gasteiger partial charge on any atom is -0.335 e. The molecule has 5 rings (SSSR count). The van der Waals surface area contributed by atoms with Crippen molar-refractivity contribution in [2.45, 2.75) is 52.5 Å². The molecule has 0 saturated heterocycles. The van der Waals surface area contributed by atoms with Gasteiger partial charge in [-0.3, -0.25) is 0 Å². The van der Waals surface area contributed by atoms with E-state index in [9.17, 15) is 0 Å². The van der Waals surface area contributed by atoms with Crippen molar-refractivity contribution in [3.63, 3.8) is 0 Å². The van der Waals surface area contributed by atoms with Gasteiger partial charge in [-0.05, 0) is 73.2 Å². The van der Waals surface area contributed by atoms with Gasteiger partial charge in [0.1, 0.15) is 0 Å². The van der Waals surface area contributed by atoms with Crippen LogP contribution >= 0.6 is 0 Å². The first-order chi connectivity index (χ1) is 15.7. The van der Waals surface area contributed by atoms with Crippen LogP contribution in [0, 0.1) is 6.92 Å². The van der Waals surface area contributed by atoms with Crippen molar-refractivity contribution >= 4 is 11.4 Å². The Morgan fingerprint density at radius 3 is 1.91 bits per heavy atom. The average molecular weight is 432 g/mol. The molecule has 1 aliphatic rings. The van der Waals surface area contributed by atoms with Crippen LogP contribution in [-0.4, -0.2) is 5.54 Å². The van der Waals surface area contributed by atoms with E-state index in [0.717, 1.165) is 0 Å². The summed E-state index contributed by atoms with van der Waals surface area (Å²) >= 11 is 0. The first kappa shape index (κ1) is 21.5. The highest BCUT2D eigenvalue weighted by molar-refractivity contribution is 5.94. The van der Waals surface area contributed by atoms with Crippen molar-refractivity contribution < 1.29 is 0 Å². The molecule has 0 fully saturated rings. The Morgan fingerprint density at radius 2 is 1.24 bits per heavy atom. The third-order valence-electron chi connectivity index (χ3n) is 7.05. The summed E-state index contributed by atoms with van der Waals surface area (Å²) in [5.74, 6) is 0. The van der Waals surface area contributed by atoms with Gasteiger partial charge in [0.15, 0.2) is 0 Å². The smallest absolute Gasteiger partial charge is 0.0528 e. The van der Waals surface area contributed by atoms with E-state index in [-0.39, 0.29) is 11.0 Å². The number of hydrogen-bond donors (Lipinski definition) is 0. The normalized spacial score (nSPS) is 14.0. The molecule has 0 aromatic heterocycles. The third kappa shape index (κ3) is 3.47. The van der Waals surface area contributed by atoms with Crippen LogP contribution < -0.4 is 4.90 Å². The van der Waals surface area contributed by atoms with E-state index in [1.54, 1.807) is 0 Å². The van der Waals surface area contributed by atoms with Crippen molar-refractivity contribution in [3.05, 3.63) is 108 Å². The standard InChI is InChI=1S/C32H33N/c1-22-16-21-28-29(26-14-10-11-15-27(26)32(28,5)6)30(22)33(31(2,3)4)25-19-17-24(18-20-25)23-12-8-7-9-13-23/h7-21H,1-6H3. The number of benzene rings is 4. The van der Waals surface area contributed by atoms with E-state index in [0.29, 0.717) is 0 Å². The summed E-state index contributed by atoms with van der Waals surface area (Å²) in [6.07, 6.45) is 0. The van der Waals surface area contributed by atoms with Gasteiger partial charge < -0.3 is 4.90 Å². The van der Waals surface area contributed by atoms with E-state index in [4.69, 9.17) is 0 Å². The molecule has 0 aliphatic heterocycles. The Morgan fingerprint density at radius 1 is 0.636 bits per heavy atom. The Bertz CT molecular complexity index is 1310. The lowest BCUT2D eigenvalue weighted by Crippen LogP contribution is -2.38. The number of rotatable bonds is 3. The summed E-state index contributed by atoms with van der Waals surface area (Å²) in [6.45, 7) is 13.9. The summed E-state index contributed by atoms with van der Waals surface area (Å²) in [6, 6.07) is 33.2. The summed E-state index contributed by atoms with van der Waals surface area (Å²) in [4.78, 5) is 2.54. The average Bonchev–Trinajstić information content (AvgIpc) is 3.03. The molecule has 0 radical (unpaired) electrons. The number of anilines is 2. The number of hydrogen-bond acceptors (Lipinski definition) is 1. The molecular weight excluding hydrogens is 398 g/mol. The maximum atomic E-state index is 2.54. The van der Waals surface area contributed by atoms with Gasteiger partial charge in [-0.1, -0.05) is 92.7 Å². The summed E-state index contributed by atoms with van der Waals surface area (Å²) in [7, 11) is 0. The molecule has 0 spiro atoms. The summed E-state index contributed by atoms with van der Waals surface area (Å²) < 4.78 is 0. The quantitative estimate of drug-likeness (QED) is 0.313. The monoisotopic (exact) mass is 431 g/mol. The van der Waals surface area contributed by atoms with Gasteiger partial charge >= 0.3 is 0 Å². The SMILES string of the molecule is Cc1ccc2c(c1N(c1ccc(-c3ccccc3)cc1)C(C)(C)C)-c1ccccc1C2(C)C. The largest absolute Gasteiger partial charge is 0.335 e. The van der Waals surface area contributed by atoms with Crippen LogP contribution in [0.3, 0.4) is 0 Å². The molecule has 4 aromatic carbocycles. The molecule has 1 heteroatoms. The highest BCUT2D eigenvalue weighted by Gasteiger charge is 2.39. The molecule has 0 saturated carbocycles. The van der Waals surface area contributed by atoms with Gasteiger partial charge in [-0.15, -0.1) is 0 Å². The maximum Gasteiger partial charge on any atom is 0.0528 e. The second-order valence-corrected chi connectivity index (χ2v) is 10.7. The van der Waals surface area contributed by atoms with Crippen LogP contribution in [0.4, 0.5) is 11.4 Å². The fraction of sp³-hybridized carbons (Fsp3) is 0.250. The fourth-order valence-electron chi connectivity index (χ4n) is 5.45. The van der Waals surface area contributed by atoms with Crippen LogP contribution in [0.1, 0.15) is 51.3 Å². The molecule has 166 valence electrons. The lowest BCUT2D eigenvalue weighted by Gasteiger charge is -2.40. The predicted molar refractivity (Wildman–Crippen MR) is 143 cm³/mol. The molecule has 1 aliphatic carbocycles. The Hall–Kier alpha value is -3.32. The molecule has 0 N–H and O–H groups in total. The molecule has 0 amide bonds. The van der Waals surface area contributed by atoms with Gasteiger partial charge in [-0.25, -0.2) is 0 Å².